The fraction of sp³-hybridized carbons (Fsp3) is 0.292. The van der Waals surface area contributed by atoms with Crippen LogP contribution < -0.4 is 4.90 Å². The SMILES string of the molecule is Cc1ccc(N(Cc2ccccc2)C(=O)CN2C(=O)C3CC=CCC3C2=O)cc1. The van der Waals surface area contributed by atoms with E-state index in [0.717, 1.165) is 21.7 Å². The number of likely N-dealkylation sites (tertiary alicyclic amines) is 1. The summed E-state index contributed by atoms with van der Waals surface area (Å²) in [5, 5.41) is 0. The molecular formula is C24H24N2O3. The first-order chi connectivity index (χ1) is 14.0. The van der Waals surface area contributed by atoms with Crippen LogP contribution in [-0.2, 0) is 20.9 Å². The monoisotopic (exact) mass is 388 g/mol. The van der Waals surface area contributed by atoms with Gasteiger partial charge in [-0.05, 0) is 37.5 Å². The molecule has 1 aliphatic carbocycles. The summed E-state index contributed by atoms with van der Waals surface area (Å²) in [5.74, 6) is -1.34. The molecule has 1 fully saturated rings. The normalized spacial score (nSPS) is 20.7. The second-order valence-electron chi connectivity index (χ2n) is 7.72. The van der Waals surface area contributed by atoms with Gasteiger partial charge in [0.1, 0.15) is 6.54 Å². The minimum absolute atomic E-state index is 0.217. The van der Waals surface area contributed by atoms with Crippen molar-refractivity contribution in [1.82, 2.24) is 4.90 Å². The Kier molecular flexibility index (Phi) is 5.30. The summed E-state index contributed by atoms with van der Waals surface area (Å²) in [6, 6.07) is 17.4. The molecule has 0 N–H and O–H groups in total. The number of fused-ring (bicyclic) bond motifs is 1. The first-order valence-corrected chi connectivity index (χ1v) is 9.96. The topological polar surface area (TPSA) is 57.7 Å². The van der Waals surface area contributed by atoms with Crippen molar-refractivity contribution >= 4 is 23.4 Å². The first kappa shape index (κ1) is 19.1. The number of amides is 3. The second kappa shape index (κ2) is 8.03. The Morgan fingerprint density at radius 2 is 1.52 bits per heavy atom. The molecule has 3 amide bonds. The number of nitrogens with zero attached hydrogens (tertiary/aromatic N) is 2. The summed E-state index contributed by atoms with van der Waals surface area (Å²) in [4.78, 5) is 41.6. The quantitative estimate of drug-likeness (QED) is 0.582. The fourth-order valence-corrected chi connectivity index (χ4v) is 4.06. The molecule has 2 aromatic carbocycles. The average Bonchev–Trinajstić information content (AvgIpc) is 2.98. The van der Waals surface area contributed by atoms with Crippen LogP contribution in [0.3, 0.4) is 0 Å². The zero-order valence-electron chi connectivity index (χ0n) is 16.5. The standard InChI is InChI=1S/C24H24N2O3/c1-17-11-13-19(14-12-17)25(15-18-7-3-2-4-8-18)22(27)16-26-23(28)20-9-5-6-10-21(20)24(26)29/h2-8,11-14,20-21H,9-10,15-16H2,1H3. The largest absolute Gasteiger partial charge is 0.306 e. The zero-order chi connectivity index (χ0) is 20.4. The van der Waals surface area contributed by atoms with Crippen LogP contribution in [0.4, 0.5) is 5.69 Å². The van der Waals surface area contributed by atoms with Crippen molar-refractivity contribution < 1.29 is 14.4 Å². The van der Waals surface area contributed by atoms with E-state index in [1.54, 1.807) is 4.90 Å². The Hall–Kier alpha value is -3.21. The van der Waals surface area contributed by atoms with Crippen molar-refractivity contribution in [2.24, 2.45) is 11.8 Å². The van der Waals surface area contributed by atoms with Gasteiger partial charge >= 0.3 is 0 Å². The van der Waals surface area contributed by atoms with Gasteiger partial charge in [0.25, 0.3) is 0 Å². The van der Waals surface area contributed by atoms with Gasteiger partial charge in [-0.1, -0.05) is 60.2 Å². The van der Waals surface area contributed by atoms with E-state index < -0.39 is 0 Å². The van der Waals surface area contributed by atoms with Crippen LogP contribution in [0.15, 0.2) is 66.7 Å². The molecule has 148 valence electrons. The van der Waals surface area contributed by atoms with Gasteiger partial charge in [0.05, 0.1) is 18.4 Å². The highest BCUT2D eigenvalue weighted by Crippen LogP contribution is 2.35. The maximum atomic E-state index is 13.2. The maximum absolute atomic E-state index is 13.2. The number of imide groups is 1. The summed E-state index contributed by atoms with van der Waals surface area (Å²) in [6.07, 6.45) is 5.05. The number of hydrogen-bond acceptors (Lipinski definition) is 3. The van der Waals surface area contributed by atoms with Crippen molar-refractivity contribution in [2.45, 2.75) is 26.3 Å². The van der Waals surface area contributed by atoms with Gasteiger partial charge in [0.2, 0.25) is 17.7 Å². The van der Waals surface area contributed by atoms with E-state index in [1.807, 2.05) is 73.7 Å². The van der Waals surface area contributed by atoms with Crippen molar-refractivity contribution in [1.29, 1.82) is 0 Å². The number of anilines is 1. The van der Waals surface area contributed by atoms with Gasteiger partial charge < -0.3 is 4.90 Å². The molecule has 2 unspecified atom stereocenters. The molecule has 1 heterocycles. The smallest absolute Gasteiger partial charge is 0.247 e. The van der Waals surface area contributed by atoms with Gasteiger partial charge in [-0.3, -0.25) is 19.3 Å². The molecule has 0 radical (unpaired) electrons. The highest BCUT2D eigenvalue weighted by atomic mass is 16.2. The molecule has 0 spiro atoms. The molecular weight excluding hydrogens is 364 g/mol. The number of carbonyl (C=O) groups excluding carboxylic acids is 3. The van der Waals surface area contributed by atoms with Crippen LogP contribution in [0, 0.1) is 18.8 Å². The van der Waals surface area contributed by atoms with E-state index in [-0.39, 0.29) is 36.1 Å². The Morgan fingerprint density at radius 3 is 2.10 bits per heavy atom. The maximum Gasteiger partial charge on any atom is 0.247 e. The summed E-state index contributed by atoms with van der Waals surface area (Å²) in [7, 11) is 0. The Morgan fingerprint density at radius 1 is 0.931 bits per heavy atom. The van der Waals surface area contributed by atoms with Crippen LogP contribution in [0.2, 0.25) is 0 Å². The minimum Gasteiger partial charge on any atom is -0.306 e. The Balaban J connectivity index is 1.57. The molecule has 1 saturated heterocycles. The van der Waals surface area contributed by atoms with Crippen LogP contribution in [0.25, 0.3) is 0 Å². The van der Waals surface area contributed by atoms with Crippen LogP contribution in [0.1, 0.15) is 24.0 Å². The molecule has 5 heteroatoms. The van der Waals surface area contributed by atoms with Gasteiger partial charge in [0, 0.05) is 5.69 Å². The van der Waals surface area contributed by atoms with Crippen molar-refractivity contribution in [3.63, 3.8) is 0 Å². The third-order valence-electron chi connectivity index (χ3n) is 5.72. The lowest BCUT2D eigenvalue weighted by Gasteiger charge is -2.25. The Labute approximate surface area is 170 Å². The molecule has 1 aliphatic heterocycles. The summed E-state index contributed by atoms with van der Waals surface area (Å²) in [6.45, 7) is 2.16. The van der Waals surface area contributed by atoms with E-state index in [0.29, 0.717) is 19.4 Å². The number of hydrogen-bond donors (Lipinski definition) is 0. The number of benzene rings is 2. The third-order valence-corrected chi connectivity index (χ3v) is 5.72. The predicted molar refractivity (Wildman–Crippen MR) is 111 cm³/mol. The predicted octanol–water partition coefficient (Wildman–Crippen LogP) is 3.48. The van der Waals surface area contributed by atoms with E-state index in [1.165, 1.54) is 0 Å². The second-order valence-corrected chi connectivity index (χ2v) is 7.72. The van der Waals surface area contributed by atoms with Crippen LogP contribution in [-0.4, -0.2) is 29.2 Å². The number of allylic oxidation sites excluding steroid dienone is 2. The average molecular weight is 388 g/mol. The molecule has 0 bridgehead atoms. The van der Waals surface area contributed by atoms with Crippen LogP contribution in [0.5, 0.6) is 0 Å². The molecule has 5 nitrogen and oxygen atoms in total. The van der Waals surface area contributed by atoms with Crippen LogP contribution >= 0.6 is 0 Å². The lowest BCUT2D eigenvalue weighted by molar-refractivity contribution is -0.143. The van der Waals surface area contributed by atoms with E-state index in [2.05, 4.69) is 0 Å². The summed E-state index contributed by atoms with van der Waals surface area (Å²) >= 11 is 0. The van der Waals surface area contributed by atoms with Crippen molar-refractivity contribution in [3.8, 4) is 0 Å². The molecule has 2 atom stereocenters. The van der Waals surface area contributed by atoms with Gasteiger partial charge in [0.15, 0.2) is 0 Å². The zero-order valence-corrected chi connectivity index (χ0v) is 16.5. The minimum atomic E-state index is -0.317. The first-order valence-electron chi connectivity index (χ1n) is 9.96. The molecule has 2 aromatic rings. The van der Waals surface area contributed by atoms with Crippen molar-refractivity contribution in [2.75, 3.05) is 11.4 Å². The fourth-order valence-electron chi connectivity index (χ4n) is 4.06. The third kappa shape index (κ3) is 3.86. The van der Waals surface area contributed by atoms with Gasteiger partial charge in [-0.15, -0.1) is 0 Å². The van der Waals surface area contributed by atoms with E-state index >= 15 is 0 Å². The number of rotatable bonds is 5. The number of aryl methyl sites for hydroxylation is 1. The molecule has 0 aromatic heterocycles. The molecule has 2 aliphatic rings. The van der Waals surface area contributed by atoms with Crippen molar-refractivity contribution in [3.05, 3.63) is 77.9 Å². The summed E-state index contributed by atoms with van der Waals surface area (Å²) < 4.78 is 0. The molecule has 4 rings (SSSR count). The van der Waals surface area contributed by atoms with Gasteiger partial charge in [-0.2, -0.15) is 0 Å². The van der Waals surface area contributed by atoms with Gasteiger partial charge in [-0.25, -0.2) is 0 Å². The highest BCUT2D eigenvalue weighted by molar-refractivity contribution is 6.09. The Bertz CT molecular complexity index is 924. The van der Waals surface area contributed by atoms with E-state index in [9.17, 15) is 14.4 Å². The number of carbonyl (C=O) groups is 3. The lowest BCUT2D eigenvalue weighted by Crippen LogP contribution is -2.43. The molecule has 0 saturated carbocycles. The summed E-state index contributed by atoms with van der Waals surface area (Å²) in [5.41, 5.74) is 2.84. The van der Waals surface area contributed by atoms with E-state index in [4.69, 9.17) is 0 Å². The molecule has 29 heavy (non-hydrogen) atoms. The lowest BCUT2D eigenvalue weighted by atomic mass is 9.85. The highest BCUT2D eigenvalue weighted by Gasteiger charge is 2.47.